The Kier molecular flexibility index (Phi) is 8.62. The van der Waals surface area contributed by atoms with Gasteiger partial charge in [0.25, 0.3) is 5.91 Å². The van der Waals surface area contributed by atoms with E-state index >= 15 is 4.79 Å². The normalized spacial score (nSPS) is 14.9. The van der Waals surface area contributed by atoms with E-state index in [1.165, 1.54) is 15.9 Å². The summed E-state index contributed by atoms with van der Waals surface area (Å²) in [6.07, 6.45) is 0.730. The molecule has 1 unspecified atom stereocenters. The van der Waals surface area contributed by atoms with E-state index in [2.05, 4.69) is 174 Å². The van der Waals surface area contributed by atoms with Crippen molar-refractivity contribution in [1.29, 1.82) is 0 Å². The Morgan fingerprint density at radius 3 is 1.34 bits per heavy atom. The van der Waals surface area contributed by atoms with E-state index in [9.17, 15) is 0 Å². The number of hydrogen-bond donors (Lipinski definition) is 0. The lowest BCUT2D eigenvalue weighted by Gasteiger charge is -2.36. The van der Waals surface area contributed by atoms with Crippen molar-refractivity contribution in [2.75, 3.05) is 6.54 Å². The van der Waals surface area contributed by atoms with Gasteiger partial charge in [-0.05, 0) is 63.5 Å². The van der Waals surface area contributed by atoms with Gasteiger partial charge < -0.3 is 4.90 Å². The minimum Gasteiger partial charge on any atom is -0.331 e. The van der Waals surface area contributed by atoms with Crippen molar-refractivity contribution >= 4 is 29.1 Å². The molecule has 7 aromatic rings. The average Bonchev–Trinajstić information content (AvgIpc) is 3.81. The predicted octanol–water partition coefficient (Wildman–Crippen LogP) is 6.61. The van der Waals surface area contributed by atoms with Crippen molar-refractivity contribution in [1.82, 2.24) is 25.1 Å². The molecular weight excluding hydrogens is 633 g/mol. The zero-order valence-electron chi connectivity index (χ0n) is 27.6. The van der Waals surface area contributed by atoms with Gasteiger partial charge in [0, 0.05) is 13.0 Å². The molecule has 1 fully saturated rings. The molecule has 244 valence electrons. The van der Waals surface area contributed by atoms with Crippen molar-refractivity contribution in [3.8, 4) is 0 Å². The van der Waals surface area contributed by atoms with Crippen molar-refractivity contribution in [3.63, 3.8) is 0 Å². The third-order valence-corrected chi connectivity index (χ3v) is 14.7. The molecule has 1 saturated heterocycles. The first-order valence-electron chi connectivity index (χ1n) is 17.0. The fourth-order valence-corrected chi connectivity index (χ4v) is 12.8. The lowest BCUT2D eigenvalue weighted by Crippen LogP contribution is -2.43. The first-order valence-corrected chi connectivity index (χ1v) is 18.9. The van der Waals surface area contributed by atoms with Gasteiger partial charge >= 0.3 is 0 Å². The van der Waals surface area contributed by atoms with Crippen LogP contribution >= 0.6 is 7.26 Å². The number of likely N-dealkylation sites (tertiary alicyclic amines) is 1. The van der Waals surface area contributed by atoms with Crippen molar-refractivity contribution in [2.45, 2.75) is 24.2 Å². The zero-order valence-corrected chi connectivity index (χ0v) is 28.5. The van der Waals surface area contributed by atoms with E-state index in [1.807, 2.05) is 27.8 Å². The molecule has 50 heavy (non-hydrogen) atoms. The van der Waals surface area contributed by atoms with E-state index in [4.69, 9.17) is 5.21 Å². The Bertz CT molecular complexity index is 1970. The average molecular weight is 671 g/mol. The largest absolute Gasteiger partial charge is 0.331 e. The second kappa shape index (κ2) is 13.7. The molecular formula is C43H37N5OP+. The maximum Gasteiger partial charge on any atom is 0.265 e. The zero-order chi connectivity index (χ0) is 33.8. The standard InChI is InChI=1S/C43H37N5OP/c49-42-40(50(37-25-13-4-14-26-37,38-27-15-5-16-28-38)39-29-17-6-18-30-39)31-32-47(42)33-41-44-45-46-48(41)43(34-19-7-1-8-20-34,35-21-9-2-10-22-35)36-23-11-3-12-24-36/h1-30,40H,31-33H2/q+1. The Morgan fingerprint density at radius 1 is 0.560 bits per heavy atom. The van der Waals surface area contributed by atoms with Crippen LogP contribution in [0.25, 0.3) is 0 Å². The summed E-state index contributed by atoms with van der Waals surface area (Å²) in [7, 11) is -2.42. The minimum absolute atomic E-state index is 0.133. The Hall–Kier alpha value is -5.71. The molecule has 0 saturated carbocycles. The molecule has 6 nitrogen and oxygen atoms in total. The highest BCUT2D eigenvalue weighted by Crippen LogP contribution is 2.62. The van der Waals surface area contributed by atoms with Crippen LogP contribution in [0.5, 0.6) is 0 Å². The van der Waals surface area contributed by atoms with Crippen LogP contribution < -0.4 is 15.9 Å². The highest BCUT2D eigenvalue weighted by Gasteiger charge is 2.58. The van der Waals surface area contributed by atoms with Gasteiger partial charge in [-0.1, -0.05) is 146 Å². The molecule has 0 radical (unpaired) electrons. The van der Waals surface area contributed by atoms with Gasteiger partial charge in [0.1, 0.15) is 28.7 Å². The number of hydrogen-bond acceptors (Lipinski definition) is 4. The summed E-state index contributed by atoms with van der Waals surface area (Å²) >= 11 is 0. The summed E-state index contributed by atoms with van der Waals surface area (Å²) in [4.78, 5) is 17.0. The van der Waals surface area contributed by atoms with Crippen molar-refractivity contribution in [3.05, 3.63) is 205 Å². The van der Waals surface area contributed by atoms with E-state index in [0.717, 1.165) is 23.1 Å². The summed E-state index contributed by atoms with van der Waals surface area (Å²) < 4.78 is 1.93. The Balaban J connectivity index is 1.25. The van der Waals surface area contributed by atoms with Crippen LogP contribution in [0.2, 0.25) is 0 Å². The molecule has 0 aliphatic carbocycles. The van der Waals surface area contributed by atoms with Crippen molar-refractivity contribution in [2.24, 2.45) is 0 Å². The molecule has 1 atom stereocenters. The number of carbonyl (C=O) groups is 1. The minimum atomic E-state index is -2.42. The lowest BCUT2D eigenvalue weighted by molar-refractivity contribution is -0.128. The summed E-state index contributed by atoms with van der Waals surface area (Å²) in [5, 5.41) is 17.3. The van der Waals surface area contributed by atoms with Gasteiger partial charge in [0.15, 0.2) is 11.5 Å². The van der Waals surface area contributed by atoms with Gasteiger partial charge in [0.05, 0.1) is 6.54 Å². The summed E-state index contributed by atoms with van der Waals surface area (Å²) in [5.74, 6) is 0.757. The lowest BCUT2D eigenvalue weighted by atomic mass is 9.77. The van der Waals surface area contributed by atoms with Crippen LogP contribution in [0.3, 0.4) is 0 Å². The van der Waals surface area contributed by atoms with E-state index < -0.39 is 12.8 Å². The maximum atomic E-state index is 15.0. The van der Waals surface area contributed by atoms with Crippen LogP contribution in [-0.2, 0) is 16.9 Å². The maximum absolute atomic E-state index is 15.0. The van der Waals surface area contributed by atoms with Crippen molar-refractivity contribution < 1.29 is 4.79 Å². The van der Waals surface area contributed by atoms with Gasteiger partial charge in [-0.2, -0.15) is 0 Å². The third-order valence-electron chi connectivity index (χ3n) is 9.99. The molecule has 1 aliphatic heterocycles. The number of benzene rings is 6. The fraction of sp³-hybridized carbons (Fsp3) is 0.116. The smallest absolute Gasteiger partial charge is 0.265 e. The number of rotatable bonds is 10. The number of tetrazole rings is 1. The number of carbonyl (C=O) groups excluding carboxylic acids is 1. The fourth-order valence-electron chi connectivity index (χ4n) is 7.86. The summed E-state index contributed by atoms with van der Waals surface area (Å²) in [6, 6.07) is 63.1. The first-order chi connectivity index (χ1) is 24.7. The van der Waals surface area contributed by atoms with Crippen LogP contribution in [0.1, 0.15) is 28.9 Å². The first kappa shape index (κ1) is 31.6. The highest BCUT2D eigenvalue weighted by molar-refractivity contribution is 7.96. The molecule has 0 spiro atoms. The molecule has 0 N–H and O–H groups in total. The van der Waals surface area contributed by atoms with E-state index in [1.54, 1.807) is 0 Å². The van der Waals surface area contributed by atoms with Crippen LogP contribution in [0.4, 0.5) is 0 Å². The van der Waals surface area contributed by atoms with E-state index in [0.29, 0.717) is 12.4 Å². The molecule has 1 aliphatic rings. The summed E-state index contributed by atoms with van der Waals surface area (Å²) in [6.45, 7) is 0.897. The second-order valence-electron chi connectivity index (χ2n) is 12.6. The molecule has 2 heterocycles. The third kappa shape index (κ3) is 5.24. The number of aromatic nitrogens is 4. The topological polar surface area (TPSA) is 63.9 Å². The monoisotopic (exact) mass is 670 g/mol. The predicted molar refractivity (Wildman–Crippen MR) is 201 cm³/mol. The number of amides is 1. The van der Waals surface area contributed by atoms with Gasteiger partial charge in [-0.15, -0.1) is 5.10 Å². The summed E-state index contributed by atoms with van der Waals surface area (Å²) in [5.41, 5.74) is 1.97. The quantitative estimate of drug-likeness (QED) is 0.121. The molecule has 7 heteroatoms. The van der Waals surface area contributed by atoms with Crippen LogP contribution in [0, 0.1) is 0 Å². The van der Waals surface area contributed by atoms with Crippen LogP contribution in [-0.4, -0.2) is 43.2 Å². The SMILES string of the molecule is O=C1C([P+](c2ccccc2)(c2ccccc2)c2ccccc2)CCN1Cc1nnnn1C(c1ccccc1)(c1ccccc1)c1ccccc1. The Labute approximate surface area is 293 Å². The van der Waals surface area contributed by atoms with Gasteiger partial charge in [0.2, 0.25) is 0 Å². The van der Waals surface area contributed by atoms with Crippen LogP contribution in [0.15, 0.2) is 182 Å². The van der Waals surface area contributed by atoms with Gasteiger partial charge in [-0.25, -0.2) is 4.68 Å². The van der Waals surface area contributed by atoms with Gasteiger partial charge in [-0.3, -0.25) is 4.79 Å². The molecule has 1 amide bonds. The molecule has 0 bridgehead atoms. The number of nitrogens with zero attached hydrogens (tertiary/aromatic N) is 5. The highest BCUT2D eigenvalue weighted by atomic mass is 31.2. The molecule has 8 rings (SSSR count). The molecule has 1 aromatic heterocycles. The van der Waals surface area contributed by atoms with E-state index in [-0.39, 0.29) is 18.1 Å². The molecule has 6 aromatic carbocycles. The Morgan fingerprint density at radius 2 is 0.940 bits per heavy atom. The second-order valence-corrected chi connectivity index (χ2v) is 16.2.